The molecule has 2 aromatic carbocycles. The van der Waals surface area contributed by atoms with Crippen LogP contribution in [0.3, 0.4) is 0 Å². The van der Waals surface area contributed by atoms with Gasteiger partial charge in [0.2, 0.25) is 11.8 Å². The highest BCUT2D eigenvalue weighted by Gasteiger charge is 2.38. The van der Waals surface area contributed by atoms with Crippen LogP contribution in [0.25, 0.3) is 0 Å². The number of carbonyl (C=O) groups excluding carboxylic acids is 3. The number of aliphatic imine (C=N–C) groups is 1. The van der Waals surface area contributed by atoms with E-state index in [0.717, 1.165) is 5.75 Å². The maximum Gasteiger partial charge on any atom is 0.338 e. The van der Waals surface area contributed by atoms with Gasteiger partial charge in [0.1, 0.15) is 11.0 Å². The highest BCUT2D eigenvalue weighted by molar-refractivity contribution is 8.15. The molecule has 1 N–H and O–H groups in total. The van der Waals surface area contributed by atoms with E-state index in [0.29, 0.717) is 41.9 Å². The van der Waals surface area contributed by atoms with Crippen molar-refractivity contribution in [2.75, 3.05) is 25.1 Å². The Hall–Kier alpha value is -3.33. The zero-order chi connectivity index (χ0) is 23.8. The lowest BCUT2D eigenvalue weighted by Gasteiger charge is -2.13. The largest absolute Gasteiger partial charge is 0.494 e. The molecular weight excluding hydrogens is 442 g/mol. The van der Waals surface area contributed by atoms with Crippen molar-refractivity contribution in [3.8, 4) is 5.75 Å². The second kappa shape index (κ2) is 11.5. The Labute approximate surface area is 197 Å². The Morgan fingerprint density at radius 3 is 2.33 bits per heavy atom. The SMILES string of the molecule is CCOC(=O)c1ccc(N=C2S[C@@H](CC(=O)Nc3ccc(OCC)cc3)C(=O)N2CC)cc1. The molecule has 1 heterocycles. The zero-order valence-electron chi connectivity index (χ0n) is 18.9. The molecule has 1 saturated heterocycles. The van der Waals surface area contributed by atoms with Crippen LogP contribution in [0.4, 0.5) is 11.4 Å². The van der Waals surface area contributed by atoms with Gasteiger partial charge in [-0.25, -0.2) is 9.79 Å². The van der Waals surface area contributed by atoms with Gasteiger partial charge in [-0.2, -0.15) is 0 Å². The van der Waals surface area contributed by atoms with Crippen molar-refractivity contribution in [2.45, 2.75) is 32.4 Å². The molecule has 0 aliphatic carbocycles. The number of hydrogen-bond donors (Lipinski definition) is 1. The Balaban J connectivity index is 1.65. The van der Waals surface area contributed by atoms with Crippen LogP contribution in [0, 0.1) is 0 Å². The second-order valence-electron chi connectivity index (χ2n) is 7.06. The molecule has 2 amide bonds. The number of amides is 2. The summed E-state index contributed by atoms with van der Waals surface area (Å²) in [5.74, 6) is -0.0602. The molecule has 0 unspecified atom stereocenters. The molecule has 8 nitrogen and oxygen atoms in total. The second-order valence-corrected chi connectivity index (χ2v) is 8.23. The highest BCUT2D eigenvalue weighted by atomic mass is 32.2. The van der Waals surface area contributed by atoms with Crippen LogP contribution in [0.15, 0.2) is 53.5 Å². The van der Waals surface area contributed by atoms with Crippen LogP contribution in [0.1, 0.15) is 37.6 Å². The van der Waals surface area contributed by atoms with E-state index in [4.69, 9.17) is 9.47 Å². The quantitative estimate of drug-likeness (QED) is 0.552. The van der Waals surface area contributed by atoms with Crippen molar-refractivity contribution in [3.05, 3.63) is 54.1 Å². The van der Waals surface area contributed by atoms with Gasteiger partial charge < -0.3 is 14.8 Å². The predicted octanol–water partition coefficient (Wildman–Crippen LogP) is 4.24. The Morgan fingerprint density at radius 2 is 1.73 bits per heavy atom. The molecule has 1 fully saturated rings. The number of amidine groups is 1. The van der Waals surface area contributed by atoms with Crippen LogP contribution >= 0.6 is 11.8 Å². The van der Waals surface area contributed by atoms with Crippen molar-refractivity contribution < 1.29 is 23.9 Å². The van der Waals surface area contributed by atoms with Gasteiger partial charge in [0.05, 0.1) is 24.5 Å². The first kappa shape index (κ1) is 24.3. The molecule has 1 atom stereocenters. The van der Waals surface area contributed by atoms with Gasteiger partial charge >= 0.3 is 5.97 Å². The normalized spacial score (nSPS) is 16.7. The first-order valence-electron chi connectivity index (χ1n) is 10.8. The molecule has 174 valence electrons. The molecule has 1 aliphatic rings. The fourth-order valence-corrected chi connectivity index (χ4v) is 4.42. The van der Waals surface area contributed by atoms with E-state index in [1.54, 1.807) is 60.4 Å². The lowest BCUT2D eigenvalue weighted by Crippen LogP contribution is -2.33. The molecule has 1 aliphatic heterocycles. The predicted molar refractivity (Wildman–Crippen MR) is 129 cm³/mol. The first-order chi connectivity index (χ1) is 15.9. The lowest BCUT2D eigenvalue weighted by atomic mass is 10.2. The van der Waals surface area contributed by atoms with Gasteiger partial charge in [-0.3, -0.25) is 14.5 Å². The van der Waals surface area contributed by atoms with Crippen molar-refractivity contribution in [1.29, 1.82) is 0 Å². The zero-order valence-corrected chi connectivity index (χ0v) is 19.7. The topological polar surface area (TPSA) is 97.3 Å². The Bertz CT molecular complexity index is 1020. The molecule has 33 heavy (non-hydrogen) atoms. The Kier molecular flexibility index (Phi) is 8.48. The van der Waals surface area contributed by atoms with Crippen LogP contribution in [-0.4, -0.2) is 52.9 Å². The summed E-state index contributed by atoms with van der Waals surface area (Å²) in [6.45, 7) is 6.84. The average molecular weight is 470 g/mol. The number of ether oxygens (including phenoxy) is 2. The van der Waals surface area contributed by atoms with Gasteiger partial charge in [0, 0.05) is 18.7 Å². The van der Waals surface area contributed by atoms with Gasteiger partial charge in [0.15, 0.2) is 5.17 Å². The van der Waals surface area contributed by atoms with E-state index in [-0.39, 0.29) is 18.2 Å². The molecule has 0 bridgehead atoms. The standard InChI is InChI=1S/C24H27N3O5S/c1-4-27-22(29)20(15-21(28)25-17-11-13-19(14-12-17)31-5-2)33-24(27)26-18-9-7-16(8-10-18)23(30)32-6-3/h7-14,20H,4-6,15H2,1-3H3,(H,25,28)/t20-/m0/s1. The van der Waals surface area contributed by atoms with Gasteiger partial charge in [0.25, 0.3) is 0 Å². The molecule has 9 heteroatoms. The van der Waals surface area contributed by atoms with E-state index in [9.17, 15) is 14.4 Å². The number of anilines is 1. The molecular formula is C24H27N3O5S. The van der Waals surface area contributed by atoms with E-state index in [1.165, 1.54) is 11.8 Å². The number of hydrogen-bond acceptors (Lipinski definition) is 7. The number of thioether (sulfide) groups is 1. The van der Waals surface area contributed by atoms with Crippen LogP contribution in [0.5, 0.6) is 5.75 Å². The summed E-state index contributed by atoms with van der Waals surface area (Å²) < 4.78 is 10.4. The summed E-state index contributed by atoms with van der Waals surface area (Å²) >= 11 is 1.27. The van der Waals surface area contributed by atoms with E-state index in [1.807, 2.05) is 13.8 Å². The van der Waals surface area contributed by atoms with Gasteiger partial charge in [-0.15, -0.1) is 0 Å². The van der Waals surface area contributed by atoms with Crippen LogP contribution < -0.4 is 10.1 Å². The number of nitrogens with one attached hydrogen (secondary N) is 1. The monoisotopic (exact) mass is 469 g/mol. The number of nitrogens with zero attached hydrogens (tertiary/aromatic N) is 2. The molecule has 0 saturated carbocycles. The van der Waals surface area contributed by atoms with E-state index in [2.05, 4.69) is 10.3 Å². The van der Waals surface area contributed by atoms with Crippen LogP contribution in [0.2, 0.25) is 0 Å². The maximum absolute atomic E-state index is 12.8. The summed E-state index contributed by atoms with van der Waals surface area (Å²) in [6, 6.07) is 13.8. The minimum absolute atomic E-state index is 0.0357. The summed E-state index contributed by atoms with van der Waals surface area (Å²) in [6.07, 6.45) is 0.0357. The lowest BCUT2D eigenvalue weighted by molar-refractivity contribution is -0.128. The fourth-order valence-electron chi connectivity index (χ4n) is 3.19. The number of carbonyl (C=O) groups is 3. The minimum Gasteiger partial charge on any atom is -0.494 e. The first-order valence-corrected chi connectivity index (χ1v) is 11.7. The smallest absolute Gasteiger partial charge is 0.338 e. The van der Waals surface area contributed by atoms with E-state index >= 15 is 0 Å². The van der Waals surface area contributed by atoms with Crippen molar-refractivity contribution in [3.63, 3.8) is 0 Å². The Morgan fingerprint density at radius 1 is 1.03 bits per heavy atom. The number of rotatable bonds is 9. The summed E-state index contributed by atoms with van der Waals surface area (Å²) in [7, 11) is 0. The van der Waals surface area contributed by atoms with Crippen molar-refractivity contribution >= 4 is 46.1 Å². The molecule has 0 aromatic heterocycles. The molecule has 2 aromatic rings. The third kappa shape index (κ3) is 6.35. The minimum atomic E-state index is -0.551. The highest BCUT2D eigenvalue weighted by Crippen LogP contribution is 2.32. The summed E-state index contributed by atoms with van der Waals surface area (Å²) in [5, 5.41) is 2.80. The summed E-state index contributed by atoms with van der Waals surface area (Å²) in [5.41, 5.74) is 1.69. The maximum atomic E-state index is 12.8. The third-order valence-electron chi connectivity index (χ3n) is 4.76. The molecule has 3 rings (SSSR count). The van der Waals surface area contributed by atoms with Gasteiger partial charge in [-0.1, -0.05) is 11.8 Å². The van der Waals surface area contributed by atoms with Crippen LogP contribution in [-0.2, 0) is 14.3 Å². The molecule has 0 radical (unpaired) electrons. The average Bonchev–Trinajstić information content (AvgIpc) is 3.09. The van der Waals surface area contributed by atoms with Crippen molar-refractivity contribution in [1.82, 2.24) is 4.90 Å². The number of benzene rings is 2. The summed E-state index contributed by atoms with van der Waals surface area (Å²) in [4.78, 5) is 43.3. The molecule has 0 spiro atoms. The fraction of sp³-hybridized carbons (Fsp3) is 0.333. The van der Waals surface area contributed by atoms with Crippen molar-refractivity contribution in [2.24, 2.45) is 4.99 Å². The van der Waals surface area contributed by atoms with Gasteiger partial charge in [-0.05, 0) is 69.3 Å². The van der Waals surface area contributed by atoms with E-state index < -0.39 is 11.2 Å². The third-order valence-corrected chi connectivity index (χ3v) is 5.93. The number of esters is 1.